The van der Waals surface area contributed by atoms with Gasteiger partial charge in [0.1, 0.15) is 0 Å². The van der Waals surface area contributed by atoms with E-state index in [4.69, 9.17) is 11.6 Å². The molecule has 0 N–H and O–H groups in total. The quantitative estimate of drug-likeness (QED) is 0.823. The van der Waals surface area contributed by atoms with Gasteiger partial charge in [-0.15, -0.1) is 10.2 Å². The molecule has 0 saturated heterocycles. The molecule has 1 aromatic heterocycles. The summed E-state index contributed by atoms with van der Waals surface area (Å²) in [6.45, 7) is 6.04. The normalized spacial score (nSPS) is 10.5. The molecule has 18 heavy (non-hydrogen) atoms. The molecule has 0 aliphatic heterocycles. The van der Waals surface area contributed by atoms with Gasteiger partial charge >= 0.3 is 0 Å². The first kappa shape index (κ1) is 12.8. The molecule has 94 valence electrons. The minimum atomic E-state index is 0.466. The van der Waals surface area contributed by atoms with Crippen molar-refractivity contribution in [2.75, 3.05) is 11.9 Å². The lowest BCUT2D eigenvalue weighted by atomic mass is 10.1. The van der Waals surface area contributed by atoms with Crippen molar-refractivity contribution in [3.05, 3.63) is 46.1 Å². The molecule has 0 bridgehead atoms. The third-order valence-electron chi connectivity index (χ3n) is 3.18. The molecule has 2 aromatic rings. The lowest BCUT2D eigenvalue weighted by Crippen LogP contribution is -2.14. The molecule has 0 aliphatic rings. The van der Waals surface area contributed by atoms with E-state index < -0.39 is 0 Å². The summed E-state index contributed by atoms with van der Waals surface area (Å²) in [5.41, 5.74) is 4.35. The van der Waals surface area contributed by atoms with Crippen molar-refractivity contribution in [3.63, 3.8) is 0 Å². The number of aromatic nitrogens is 2. The van der Waals surface area contributed by atoms with Crippen LogP contribution >= 0.6 is 11.6 Å². The average Bonchev–Trinajstić information content (AvgIpc) is 2.36. The van der Waals surface area contributed by atoms with Crippen molar-refractivity contribution in [1.82, 2.24) is 10.2 Å². The van der Waals surface area contributed by atoms with Gasteiger partial charge in [0.25, 0.3) is 0 Å². The van der Waals surface area contributed by atoms with Gasteiger partial charge in [-0.1, -0.05) is 29.3 Å². The number of hydrogen-bond donors (Lipinski definition) is 0. The summed E-state index contributed by atoms with van der Waals surface area (Å²) in [5.74, 6) is 0.834. The van der Waals surface area contributed by atoms with Crippen molar-refractivity contribution >= 4 is 23.1 Å². The molecule has 0 atom stereocenters. The highest BCUT2D eigenvalue weighted by molar-refractivity contribution is 6.30. The maximum Gasteiger partial charge on any atom is 0.158 e. The van der Waals surface area contributed by atoms with Gasteiger partial charge in [0.15, 0.2) is 11.0 Å². The molecule has 1 heterocycles. The number of nitrogens with zero attached hydrogens (tertiary/aromatic N) is 3. The van der Waals surface area contributed by atoms with E-state index in [9.17, 15) is 0 Å². The van der Waals surface area contributed by atoms with Crippen molar-refractivity contribution in [1.29, 1.82) is 0 Å². The molecule has 0 radical (unpaired) electrons. The number of aryl methyl sites for hydroxylation is 1. The van der Waals surface area contributed by atoms with Crippen LogP contribution in [-0.2, 0) is 0 Å². The molecule has 0 aliphatic carbocycles. The Morgan fingerprint density at radius 1 is 0.944 bits per heavy atom. The Kier molecular flexibility index (Phi) is 3.53. The van der Waals surface area contributed by atoms with Crippen LogP contribution < -0.4 is 4.90 Å². The maximum absolute atomic E-state index is 5.97. The van der Waals surface area contributed by atoms with Crippen LogP contribution in [0, 0.1) is 20.8 Å². The van der Waals surface area contributed by atoms with E-state index in [2.05, 4.69) is 41.4 Å². The van der Waals surface area contributed by atoms with Crippen LogP contribution in [0.15, 0.2) is 24.3 Å². The van der Waals surface area contributed by atoms with Gasteiger partial charge in [-0.3, -0.25) is 0 Å². The molecule has 0 fully saturated rings. The van der Waals surface area contributed by atoms with E-state index in [0.717, 1.165) is 22.6 Å². The second-order valence-electron chi connectivity index (χ2n) is 4.46. The first-order valence-electron chi connectivity index (χ1n) is 5.80. The van der Waals surface area contributed by atoms with Crippen LogP contribution in [0.3, 0.4) is 0 Å². The first-order valence-corrected chi connectivity index (χ1v) is 6.18. The van der Waals surface area contributed by atoms with Gasteiger partial charge in [0.05, 0.1) is 0 Å². The first-order chi connectivity index (χ1) is 8.50. The van der Waals surface area contributed by atoms with Crippen molar-refractivity contribution in [3.8, 4) is 0 Å². The summed E-state index contributed by atoms with van der Waals surface area (Å²) in [7, 11) is 1.98. The highest BCUT2D eigenvalue weighted by Gasteiger charge is 2.13. The third kappa shape index (κ3) is 2.31. The van der Waals surface area contributed by atoms with E-state index in [1.165, 1.54) is 5.56 Å². The molecule has 0 saturated carbocycles. The van der Waals surface area contributed by atoms with E-state index >= 15 is 0 Å². The Bertz CT molecular complexity index is 564. The summed E-state index contributed by atoms with van der Waals surface area (Å²) in [5, 5.41) is 8.63. The number of rotatable bonds is 2. The second-order valence-corrected chi connectivity index (χ2v) is 4.82. The monoisotopic (exact) mass is 261 g/mol. The molecule has 0 amide bonds. The van der Waals surface area contributed by atoms with Crippen LogP contribution in [0.4, 0.5) is 11.5 Å². The zero-order valence-corrected chi connectivity index (χ0v) is 11.8. The molecule has 4 heteroatoms. The summed E-state index contributed by atoms with van der Waals surface area (Å²) < 4.78 is 0. The molecular weight excluding hydrogens is 246 g/mol. The largest absolute Gasteiger partial charge is 0.328 e. The minimum absolute atomic E-state index is 0.466. The maximum atomic E-state index is 5.97. The fourth-order valence-corrected chi connectivity index (χ4v) is 1.95. The van der Waals surface area contributed by atoms with Gasteiger partial charge in [0, 0.05) is 12.7 Å². The van der Waals surface area contributed by atoms with Crippen molar-refractivity contribution in [2.45, 2.75) is 20.8 Å². The van der Waals surface area contributed by atoms with Gasteiger partial charge in [-0.25, -0.2) is 0 Å². The average molecular weight is 262 g/mol. The Morgan fingerprint density at radius 3 is 2.17 bits per heavy atom. The van der Waals surface area contributed by atoms with E-state index in [1.54, 1.807) is 0 Å². The molecular formula is C14H16ClN3. The van der Waals surface area contributed by atoms with Crippen LogP contribution in [0.25, 0.3) is 0 Å². The van der Waals surface area contributed by atoms with E-state index in [0.29, 0.717) is 5.15 Å². The second kappa shape index (κ2) is 4.94. The zero-order chi connectivity index (χ0) is 13.3. The SMILES string of the molecule is Cc1ccc(N(C)c2nnc(Cl)c(C)c2C)cc1. The summed E-state index contributed by atoms with van der Waals surface area (Å²) in [4.78, 5) is 2.02. The topological polar surface area (TPSA) is 29.0 Å². The van der Waals surface area contributed by atoms with Gasteiger partial charge in [-0.05, 0) is 44.0 Å². The predicted octanol–water partition coefficient (Wildman–Crippen LogP) is 3.82. The van der Waals surface area contributed by atoms with Gasteiger partial charge in [-0.2, -0.15) is 0 Å². The van der Waals surface area contributed by atoms with Crippen LogP contribution in [-0.4, -0.2) is 17.2 Å². The summed E-state index contributed by atoms with van der Waals surface area (Å²) in [6.07, 6.45) is 0. The van der Waals surface area contributed by atoms with Crippen molar-refractivity contribution in [2.24, 2.45) is 0 Å². The molecule has 0 unspecified atom stereocenters. The molecule has 3 nitrogen and oxygen atoms in total. The van der Waals surface area contributed by atoms with Gasteiger partial charge < -0.3 is 4.90 Å². The van der Waals surface area contributed by atoms with Gasteiger partial charge in [0.2, 0.25) is 0 Å². The summed E-state index contributed by atoms with van der Waals surface area (Å²) in [6, 6.07) is 8.30. The van der Waals surface area contributed by atoms with Crippen molar-refractivity contribution < 1.29 is 0 Å². The fourth-order valence-electron chi connectivity index (χ4n) is 1.77. The molecule has 2 rings (SSSR count). The number of halogens is 1. The van der Waals surface area contributed by atoms with Crippen LogP contribution in [0.1, 0.15) is 16.7 Å². The lowest BCUT2D eigenvalue weighted by Gasteiger charge is -2.20. The number of anilines is 2. The van der Waals surface area contributed by atoms with E-state index in [1.807, 2.05) is 25.8 Å². The Morgan fingerprint density at radius 2 is 1.56 bits per heavy atom. The smallest absolute Gasteiger partial charge is 0.158 e. The van der Waals surface area contributed by atoms with Crippen LogP contribution in [0.5, 0.6) is 0 Å². The van der Waals surface area contributed by atoms with E-state index in [-0.39, 0.29) is 0 Å². The van der Waals surface area contributed by atoms with Crippen LogP contribution in [0.2, 0.25) is 5.15 Å². The Labute approximate surface area is 112 Å². The zero-order valence-electron chi connectivity index (χ0n) is 11.0. The minimum Gasteiger partial charge on any atom is -0.328 e. The highest BCUT2D eigenvalue weighted by atomic mass is 35.5. The fraction of sp³-hybridized carbons (Fsp3) is 0.286. The highest BCUT2D eigenvalue weighted by Crippen LogP contribution is 2.28. The molecule has 0 spiro atoms. The number of hydrogen-bond acceptors (Lipinski definition) is 3. The number of benzene rings is 1. The summed E-state index contributed by atoms with van der Waals surface area (Å²) >= 11 is 5.97. The standard InChI is InChI=1S/C14H16ClN3/c1-9-5-7-12(8-6-9)18(4)14-11(3)10(2)13(15)16-17-14/h5-8H,1-4H3. The predicted molar refractivity (Wildman–Crippen MR) is 75.8 cm³/mol. The third-order valence-corrected chi connectivity index (χ3v) is 3.54. The Hall–Kier alpha value is -1.61. The Balaban J connectivity index is 2.43. The molecule has 1 aromatic carbocycles. The lowest BCUT2D eigenvalue weighted by molar-refractivity contribution is 0.957.